The first-order valence-corrected chi connectivity index (χ1v) is 7.30. The average molecular weight is 341 g/mol. The first-order valence-electron chi connectivity index (χ1n) is 7.30. The minimum atomic E-state index is -0.952. The van der Waals surface area contributed by atoms with Gasteiger partial charge < -0.3 is 19.8 Å². The number of hydrogen-bond acceptors (Lipinski definition) is 6. The average Bonchev–Trinajstić information content (AvgIpc) is 3.14. The van der Waals surface area contributed by atoms with Crippen molar-refractivity contribution < 1.29 is 23.5 Å². The number of anilines is 1. The van der Waals surface area contributed by atoms with E-state index >= 15 is 0 Å². The van der Waals surface area contributed by atoms with Gasteiger partial charge in [-0.1, -0.05) is 6.07 Å². The van der Waals surface area contributed by atoms with Gasteiger partial charge in [-0.15, -0.1) is 0 Å². The van der Waals surface area contributed by atoms with Crippen LogP contribution in [-0.4, -0.2) is 30.4 Å². The number of hydrogen-bond donors (Lipinski definition) is 2. The van der Waals surface area contributed by atoms with Crippen molar-refractivity contribution >= 4 is 23.5 Å². The fraction of sp³-hybridized carbons (Fsp3) is 0.176. The second kappa shape index (κ2) is 8.31. The number of nitriles is 1. The van der Waals surface area contributed by atoms with Crippen LogP contribution in [0.25, 0.3) is 0 Å². The van der Waals surface area contributed by atoms with E-state index in [0.717, 1.165) is 0 Å². The van der Waals surface area contributed by atoms with Gasteiger partial charge in [-0.3, -0.25) is 9.59 Å². The minimum absolute atomic E-state index is 0.0646. The lowest BCUT2D eigenvalue weighted by Crippen LogP contribution is -2.40. The smallest absolute Gasteiger partial charge is 0.328 e. The lowest BCUT2D eigenvalue weighted by molar-refractivity contribution is -0.148. The zero-order chi connectivity index (χ0) is 18.2. The molecule has 0 bridgehead atoms. The van der Waals surface area contributed by atoms with Crippen LogP contribution in [0.15, 0.2) is 47.1 Å². The Morgan fingerprint density at radius 2 is 2.08 bits per heavy atom. The maximum absolute atomic E-state index is 11.8. The summed E-state index contributed by atoms with van der Waals surface area (Å²) >= 11 is 0. The molecule has 25 heavy (non-hydrogen) atoms. The molecule has 0 unspecified atom stereocenters. The molecule has 1 aromatic heterocycles. The molecule has 2 rings (SSSR count). The molecule has 1 aromatic carbocycles. The predicted octanol–water partition coefficient (Wildman–Crippen LogP) is 1.45. The van der Waals surface area contributed by atoms with Gasteiger partial charge in [-0.05, 0) is 37.3 Å². The van der Waals surface area contributed by atoms with Crippen molar-refractivity contribution in [1.29, 1.82) is 5.26 Å². The Kier molecular flexibility index (Phi) is 5.90. The van der Waals surface area contributed by atoms with Crippen LogP contribution < -0.4 is 10.6 Å². The monoisotopic (exact) mass is 341 g/mol. The zero-order valence-electron chi connectivity index (χ0n) is 13.3. The SMILES string of the molecule is C[C@H](NC(=O)c1ccco1)C(=O)OCC(=O)Nc1cccc(C#N)c1. The van der Waals surface area contributed by atoms with Crippen LogP contribution in [0.2, 0.25) is 0 Å². The van der Waals surface area contributed by atoms with E-state index in [1.54, 1.807) is 24.3 Å². The summed E-state index contributed by atoms with van der Waals surface area (Å²) in [4.78, 5) is 35.3. The Morgan fingerprint density at radius 1 is 1.28 bits per heavy atom. The van der Waals surface area contributed by atoms with Gasteiger partial charge in [0.15, 0.2) is 12.4 Å². The summed E-state index contributed by atoms with van der Waals surface area (Å²) in [5.74, 6) is -1.82. The Hall–Kier alpha value is -3.60. The van der Waals surface area contributed by atoms with Crippen LogP contribution in [0.1, 0.15) is 23.0 Å². The van der Waals surface area contributed by atoms with Crippen LogP contribution in [0.5, 0.6) is 0 Å². The molecule has 0 fully saturated rings. The van der Waals surface area contributed by atoms with Crippen molar-refractivity contribution in [2.75, 3.05) is 11.9 Å². The van der Waals surface area contributed by atoms with Crippen LogP contribution in [-0.2, 0) is 14.3 Å². The molecule has 8 nitrogen and oxygen atoms in total. The summed E-state index contributed by atoms with van der Waals surface area (Å²) in [6.45, 7) is 0.911. The first-order chi connectivity index (χ1) is 12.0. The maximum atomic E-state index is 11.8. The number of amides is 2. The van der Waals surface area contributed by atoms with Crippen molar-refractivity contribution in [1.82, 2.24) is 5.32 Å². The molecule has 2 aromatic rings. The second-order valence-corrected chi connectivity index (χ2v) is 5.02. The van der Waals surface area contributed by atoms with Gasteiger partial charge in [0.05, 0.1) is 17.9 Å². The van der Waals surface area contributed by atoms with Crippen LogP contribution in [0.3, 0.4) is 0 Å². The van der Waals surface area contributed by atoms with Crippen molar-refractivity contribution in [3.63, 3.8) is 0 Å². The molecule has 1 atom stereocenters. The van der Waals surface area contributed by atoms with Gasteiger partial charge in [0.2, 0.25) is 0 Å². The molecular formula is C17H15N3O5. The van der Waals surface area contributed by atoms with Gasteiger partial charge in [0.25, 0.3) is 11.8 Å². The fourth-order valence-corrected chi connectivity index (χ4v) is 1.86. The number of furan rings is 1. The molecule has 0 saturated carbocycles. The minimum Gasteiger partial charge on any atom is -0.459 e. The number of carbonyl (C=O) groups excluding carboxylic acids is 3. The van der Waals surface area contributed by atoms with Gasteiger partial charge >= 0.3 is 5.97 Å². The molecule has 0 aliphatic carbocycles. The summed E-state index contributed by atoms with van der Waals surface area (Å²) in [6, 6.07) is 10.3. The Balaban J connectivity index is 1.79. The van der Waals surface area contributed by atoms with E-state index < -0.39 is 30.4 Å². The molecule has 1 heterocycles. The third-order valence-corrected chi connectivity index (χ3v) is 3.07. The summed E-state index contributed by atoms with van der Waals surface area (Å²) in [7, 11) is 0. The highest BCUT2D eigenvalue weighted by molar-refractivity contribution is 5.95. The Morgan fingerprint density at radius 3 is 2.76 bits per heavy atom. The number of carbonyl (C=O) groups is 3. The van der Waals surface area contributed by atoms with E-state index in [1.165, 1.54) is 25.3 Å². The lowest BCUT2D eigenvalue weighted by Gasteiger charge is -2.12. The fourth-order valence-electron chi connectivity index (χ4n) is 1.86. The van der Waals surface area contributed by atoms with Crippen molar-refractivity contribution in [2.24, 2.45) is 0 Å². The quantitative estimate of drug-likeness (QED) is 0.767. The topological polar surface area (TPSA) is 121 Å². The molecule has 8 heteroatoms. The maximum Gasteiger partial charge on any atom is 0.328 e. The number of benzene rings is 1. The van der Waals surface area contributed by atoms with E-state index in [1.807, 2.05) is 6.07 Å². The van der Waals surface area contributed by atoms with E-state index in [2.05, 4.69) is 10.6 Å². The Bertz CT molecular complexity index is 808. The molecule has 0 aliphatic heterocycles. The standard InChI is InChI=1S/C17H15N3O5/c1-11(19-16(22)14-6-3-7-24-14)17(23)25-10-15(21)20-13-5-2-4-12(8-13)9-18/h2-8,11H,10H2,1H3,(H,19,22)(H,20,21)/t11-/m0/s1. The van der Waals surface area contributed by atoms with E-state index in [9.17, 15) is 14.4 Å². The molecule has 2 amide bonds. The predicted molar refractivity (Wildman–Crippen MR) is 86.4 cm³/mol. The first kappa shape index (κ1) is 17.7. The third kappa shape index (κ3) is 5.21. The number of rotatable bonds is 6. The largest absolute Gasteiger partial charge is 0.459 e. The van der Waals surface area contributed by atoms with E-state index in [-0.39, 0.29) is 5.76 Å². The third-order valence-electron chi connectivity index (χ3n) is 3.07. The molecule has 0 saturated heterocycles. The number of nitrogens with zero attached hydrogens (tertiary/aromatic N) is 1. The normalized spacial score (nSPS) is 11.0. The van der Waals surface area contributed by atoms with Crippen molar-refractivity contribution in [3.05, 3.63) is 54.0 Å². The molecule has 128 valence electrons. The van der Waals surface area contributed by atoms with Crippen molar-refractivity contribution in [2.45, 2.75) is 13.0 Å². The highest BCUT2D eigenvalue weighted by Gasteiger charge is 2.20. The highest BCUT2D eigenvalue weighted by Crippen LogP contribution is 2.09. The summed E-state index contributed by atoms with van der Waals surface area (Å²) < 4.78 is 9.76. The number of nitrogens with one attached hydrogen (secondary N) is 2. The highest BCUT2D eigenvalue weighted by atomic mass is 16.5. The molecular weight excluding hydrogens is 326 g/mol. The van der Waals surface area contributed by atoms with Gasteiger partial charge in [0.1, 0.15) is 6.04 Å². The summed E-state index contributed by atoms with van der Waals surface area (Å²) in [5, 5.41) is 13.7. The number of esters is 1. The van der Waals surface area contributed by atoms with Crippen LogP contribution in [0.4, 0.5) is 5.69 Å². The zero-order valence-corrected chi connectivity index (χ0v) is 13.3. The van der Waals surface area contributed by atoms with E-state index in [4.69, 9.17) is 14.4 Å². The summed E-state index contributed by atoms with van der Waals surface area (Å²) in [5.41, 5.74) is 0.809. The second-order valence-electron chi connectivity index (χ2n) is 5.02. The van der Waals surface area contributed by atoms with Gasteiger partial charge in [-0.2, -0.15) is 5.26 Å². The lowest BCUT2D eigenvalue weighted by atomic mass is 10.2. The van der Waals surface area contributed by atoms with Crippen LogP contribution in [0, 0.1) is 11.3 Å². The molecule has 0 aliphatic rings. The summed E-state index contributed by atoms with van der Waals surface area (Å²) in [6.07, 6.45) is 1.34. The van der Waals surface area contributed by atoms with Crippen molar-refractivity contribution in [3.8, 4) is 6.07 Å². The van der Waals surface area contributed by atoms with Gasteiger partial charge in [0, 0.05) is 5.69 Å². The Labute approximate surface area is 143 Å². The van der Waals surface area contributed by atoms with Crippen LogP contribution >= 0.6 is 0 Å². The van der Waals surface area contributed by atoms with Gasteiger partial charge in [-0.25, -0.2) is 4.79 Å². The molecule has 0 radical (unpaired) electrons. The molecule has 2 N–H and O–H groups in total. The molecule has 0 spiro atoms. The van der Waals surface area contributed by atoms with E-state index in [0.29, 0.717) is 11.3 Å². The number of ether oxygens (including phenoxy) is 1.